The lowest BCUT2D eigenvalue weighted by atomic mass is 9.94. The minimum absolute atomic E-state index is 0.0794. The number of piperidine rings is 2. The van der Waals surface area contributed by atoms with Crippen LogP contribution in [0.2, 0.25) is 0 Å². The standard InChI is InChI=1S/C23H26N6O.C22H24N6O.C21H23N7O2.C21H23N7O.C20H21N7O/c1-4-27-7-5-17(6-8-27)20-14-29-21(11-24-20)26-19(10-22(29)30)18-9-15(2)23-25-16(3)12-28(23)13-18;1-14-8-17(12-27-11-15(2)24-22(14)27)18-9-21(29)28-13-19(23-10-20(28)25-18)16-4-6-26(3)7-5-16;1-25-13-16-10-15(2-3-17(16)24-25)18-11-21(30)28-14-20(22-12-19(28)23-18)27-6-4-26(5-7-27)8-9-29;1-3-26-6-8-27(9-7-26)20-14-28-19(12-22-20)23-18(11-21(28)29)15-4-5-17-16(10-15)13-25(2)24-17;1-24-5-7-26(8-6-24)19-13-27-18(11-21-19)22-17(10-20(27)28)14-3-4-16-15(9-14)12-25(2)23-16/h9-14,17H,4-8H2,1-3H3;8-13,16H,4-7H2,1-3H3;2-3,10-14,29H,4-9H2,1H3;4-5,10-14H,3,6-9H2,1-2H3;3-4,9-13H,5-8H2,1-2H3. The molecule has 5 aliphatic rings. The molecule has 5 aliphatic heterocycles. The van der Waals surface area contributed by atoms with Crippen molar-refractivity contribution in [1.82, 2.24) is 144 Å². The molecule has 5 saturated heterocycles. The summed E-state index contributed by atoms with van der Waals surface area (Å²) in [5.41, 5.74) is 20.5. The molecule has 0 radical (unpaired) electrons. The van der Waals surface area contributed by atoms with Crippen molar-refractivity contribution in [1.29, 1.82) is 0 Å². The van der Waals surface area contributed by atoms with Gasteiger partial charge in [0.1, 0.15) is 28.7 Å². The predicted molar refractivity (Wildman–Crippen MR) is 566 cm³/mol. The zero-order valence-corrected chi connectivity index (χ0v) is 83.9. The number of nitrogens with zero attached hydrogens (tertiary/aromatic N) is 33. The minimum Gasteiger partial charge on any atom is -0.395 e. The number of hydrogen-bond acceptors (Lipinski definition) is 29. The van der Waals surface area contributed by atoms with Gasteiger partial charge in [-0.25, -0.2) is 49.8 Å². The second kappa shape index (κ2) is 41.1. The van der Waals surface area contributed by atoms with Crippen LogP contribution in [-0.4, -0.2) is 295 Å². The van der Waals surface area contributed by atoms with Crippen LogP contribution >= 0.6 is 0 Å². The lowest BCUT2D eigenvalue weighted by molar-refractivity contribution is 0.188. The molecule has 0 atom stereocenters. The van der Waals surface area contributed by atoms with Crippen molar-refractivity contribution >= 4 is 89.7 Å². The SMILES string of the molecule is CCN1CCC(c2cn3c(=O)cc(-c4cc(C)c5nc(C)cn5c4)nc3cn2)CC1.CCN1CCN(c2cn3c(=O)cc(-c4ccc5nn(C)cc5c4)nc3cn2)CC1.CN1CCN(c2cn3c(=O)cc(-c4ccc5nn(C)cc5c4)nc3cn2)CC1.Cc1cn2cc(-c3cc(=O)n4cc(C5CCN(C)CC5)ncc4n3)cc(C)c2n1.Cn1cc2cc(-c3cc(=O)n4cc(N5CCN(CCO)CC5)ncc4n3)ccc2n1. The van der Waals surface area contributed by atoms with E-state index in [0.717, 1.165) is 267 Å². The van der Waals surface area contributed by atoms with Crippen molar-refractivity contribution in [3.63, 3.8) is 0 Å². The topological polar surface area (TPSA) is 371 Å². The maximum Gasteiger partial charge on any atom is 0.258 e. The number of imidazole rings is 2. The molecule has 0 bridgehead atoms. The van der Waals surface area contributed by atoms with Crippen LogP contribution in [0.1, 0.15) is 85.3 Å². The predicted octanol–water partition coefficient (Wildman–Crippen LogP) is 9.99. The van der Waals surface area contributed by atoms with E-state index in [1.807, 2.05) is 180 Å². The normalized spacial score (nSPS) is 15.7. The highest BCUT2D eigenvalue weighted by molar-refractivity contribution is 5.86. The first-order chi connectivity index (χ1) is 70.8. The number of aliphatic hydroxyl groups is 1. The first-order valence-electron chi connectivity index (χ1n) is 49.9. The van der Waals surface area contributed by atoms with Crippen LogP contribution in [0, 0.1) is 27.7 Å². The van der Waals surface area contributed by atoms with E-state index in [2.05, 4.69) is 132 Å². The van der Waals surface area contributed by atoms with Gasteiger partial charge < -0.3 is 48.2 Å². The number of aliphatic hydroxyl groups excluding tert-OH is 1. The molecule has 746 valence electrons. The van der Waals surface area contributed by atoms with E-state index in [0.29, 0.717) is 75.1 Å². The number of likely N-dealkylation sites (tertiary alicyclic amines) is 2. The maximum atomic E-state index is 12.9. The molecule has 20 aromatic rings. The number of rotatable bonds is 14. The van der Waals surface area contributed by atoms with Crippen LogP contribution in [-0.2, 0) is 21.1 Å². The van der Waals surface area contributed by atoms with Crippen LogP contribution in [0.4, 0.5) is 17.5 Å². The van der Waals surface area contributed by atoms with Crippen molar-refractivity contribution in [2.75, 3.05) is 160 Å². The largest absolute Gasteiger partial charge is 0.395 e. The number of β-amino-alcohol motifs (C(OH)–C–C–N with tert-alkyl or cyclic N) is 1. The summed E-state index contributed by atoms with van der Waals surface area (Å²) < 4.78 is 17.3. The summed E-state index contributed by atoms with van der Waals surface area (Å²) in [5.74, 6) is 3.20. The molecule has 39 heteroatoms. The molecule has 5 fully saturated rings. The van der Waals surface area contributed by atoms with Gasteiger partial charge in [-0.15, -0.1) is 0 Å². The lowest BCUT2D eigenvalue weighted by Gasteiger charge is -2.34. The van der Waals surface area contributed by atoms with E-state index < -0.39 is 0 Å². The van der Waals surface area contributed by atoms with E-state index in [4.69, 9.17) is 15.1 Å². The number of hydrogen-bond donors (Lipinski definition) is 1. The van der Waals surface area contributed by atoms with Gasteiger partial charge >= 0.3 is 0 Å². The smallest absolute Gasteiger partial charge is 0.258 e. The molecule has 0 unspecified atom stereocenters. The van der Waals surface area contributed by atoms with E-state index in [-0.39, 0.29) is 34.4 Å². The molecule has 0 aliphatic carbocycles. The zero-order chi connectivity index (χ0) is 101. The van der Waals surface area contributed by atoms with Gasteiger partial charge in [0.05, 0.1) is 124 Å². The van der Waals surface area contributed by atoms with Gasteiger partial charge in [-0.1, -0.05) is 32.0 Å². The minimum atomic E-state index is -0.135. The molecule has 0 amide bonds. The second-order valence-electron chi connectivity index (χ2n) is 38.7. The average Bonchev–Trinajstić information content (AvgIpc) is 1.28. The Morgan fingerprint density at radius 1 is 0.308 bits per heavy atom. The van der Waals surface area contributed by atoms with Crippen LogP contribution in [0.5, 0.6) is 0 Å². The fourth-order valence-corrected chi connectivity index (χ4v) is 20.2. The Labute approximate surface area is 839 Å². The Balaban J connectivity index is 0.000000107. The molecule has 146 heavy (non-hydrogen) atoms. The molecular weight excluding hydrogens is 1840 g/mol. The number of piperazine rings is 3. The fraction of sp³-hybridized carbons (Fsp3) is 0.346. The van der Waals surface area contributed by atoms with Gasteiger partial charge in [0.15, 0.2) is 28.2 Å². The van der Waals surface area contributed by atoms with Crippen LogP contribution in [0.3, 0.4) is 0 Å². The molecule has 22 heterocycles. The molecule has 0 saturated carbocycles. The molecule has 3 aromatic carbocycles. The second-order valence-corrected chi connectivity index (χ2v) is 38.7. The summed E-state index contributed by atoms with van der Waals surface area (Å²) in [6.45, 7) is 30.7. The Kier molecular flexibility index (Phi) is 27.1. The summed E-state index contributed by atoms with van der Waals surface area (Å²) >= 11 is 0. The molecular formula is C107H117N33O6. The van der Waals surface area contributed by atoms with Gasteiger partial charge in [0.2, 0.25) is 0 Å². The zero-order valence-electron chi connectivity index (χ0n) is 83.9. The maximum absolute atomic E-state index is 12.9. The summed E-state index contributed by atoms with van der Waals surface area (Å²) in [4.78, 5) is 138. The Bertz CT molecular complexity index is 8650. The average molecular weight is 1960 g/mol. The summed E-state index contributed by atoms with van der Waals surface area (Å²) in [5, 5.41) is 25.3. The highest BCUT2D eigenvalue weighted by atomic mass is 16.3. The molecule has 1 N–H and O–H groups in total. The number of fused-ring (bicyclic) bond motifs is 10. The number of anilines is 3. The number of aromatic nitrogens is 25. The molecule has 25 rings (SSSR count). The molecule has 17 aromatic heterocycles. The van der Waals surface area contributed by atoms with Crippen molar-refractivity contribution in [2.24, 2.45) is 21.1 Å². The van der Waals surface area contributed by atoms with Crippen molar-refractivity contribution in [3.05, 3.63) is 288 Å². The van der Waals surface area contributed by atoms with Gasteiger partial charge in [-0.3, -0.25) is 74.9 Å². The first-order valence-corrected chi connectivity index (χ1v) is 49.9. The Morgan fingerprint density at radius 3 is 0.966 bits per heavy atom. The van der Waals surface area contributed by atoms with Crippen molar-refractivity contribution < 1.29 is 5.11 Å². The highest BCUT2D eigenvalue weighted by Crippen LogP contribution is 2.33. The third-order valence-electron chi connectivity index (χ3n) is 28.5. The third-order valence-corrected chi connectivity index (χ3v) is 28.5. The Morgan fingerprint density at radius 2 is 0.616 bits per heavy atom. The van der Waals surface area contributed by atoms with Crippen LogP contribution in [0.15, 0.2) is 226 Å². The Hall–Kier alpha value is -15.9. The summed E-state index contributed by atoms with van der Waals surface area (Å²) in [6.07, 6.45) is 35.7. The fourth-order valence-electron chi connectivity index (χ4n) is 20.2. The van der Waals surface area contributed by atoms with E-state index in [1.54, 1.807) is 116 Å². The summed E-state index contributed by atoms with van der Waals surface area (Å²) in [6, 6.07) is 29.7. The van der Waals surface area contributed by atoms with E-state index >= 15 is 0 Å². The van der Waals surface area contributed by atoms with Crippen LogP contribution < -0.4 is 42.5 Å². The van der Waals surface area contributed by atoms with Gasteiger partial charge in [0, 0.05) is 248 Å². The van der Waals surface area contributed by atoms with E-state index in [1.165, 1.54) is 0 Å². The molecule has 0 spiro atoms. The highest BCUT2D eigenvalue weighted by Gasteiger charge is 2.28. The monoisotopic (exact) mass is 1960 g/mol. The van der Waals surface area contributed by atoms with Crippen LogP contribution in [0.25, 0.3) is 129 Å². The first kappa shape index (κ1) is 96.2. The quantitative estimate of drug-likeness (QED) is 0.106. The number of likely N-dealkylation sites (N-methyl/N-ethyl adjacent to an activating group) is 2. The number of aryl methyl sites for hydroxylation is 7. The van der Waals surface area contributed by atoms with Crippen molar-refractivity contribution in [3.8, 4) is 56.3 Å². The van der Waals surface area contributed by atoms with Crippen molar-refractivity contribution in [2.45, 2.75) is 79.1 Å². The lowest BCUT2D eigenvalue weighted by Crippen LogP contribution is -2.47. The van der Waals surface area contributed by atoms with E-state index in [9.17, 15) is 24.0 Å². The van der Waals surface area contributed by atoms with Gasteiger partial charge in [0.25, 0.3) is 27.8 Å². The third kappa shape index (κ3) is 20.6. The summed E-state index contributed by atoms with van der Waals surface area (Å²) in [7, 11) is 9.93. The number of benzene rings is 3. The number of pyridine rings is 2. The molecule has 39 nitrogen and oxygen atoms in total. The van der Waals surface area contributed by atoms with Gasteiger partial charge in [-0.05, 0) is 166 Å². The van der Waals surface area contributed by atoms with Gasteiger partial charge in [-0.2, -0.15) is 15.3 Å².